The molecule has 3 aromatic rings. The van der Waals surface area contributed by atoms with Crippen LogP contribution < -0.4 is 5.43 Å². The number of phenolic OH excluding ortho intramolecular Hbond substituents is 1. The molecular weight excluding hydrogens is 302 g/mol. The minimum absolute atomic E-state index is 0.0728. The van der Waals surface area contributed by atoms with Crippen molar-refractivity contribution in [2.45, 2.75) is 0 Å². The molecule has 110 valence electrons. The van der Waals surface area contributed by atoms with Gasteiger partial charge in [-0.2, -0.15) is 5.10 Å². The first kappa shape index (κ1) is 14.2. The third-order valence-electron chi connectivity index (χ3n) is 3.19. The van der Waals surface area contributed by atoms with E-state index in [-0.39, 0.29) is 11.3 Å². The zero-order valence-corrected chi connectivity index (χ0v) is 12.1. The van der Waals surface area contributed by atoms with Crippen molar-refractivity contribution in [1.82, 2.24) is 10.4 Å². The van der Waals surface area contributed by atoms with Crippen molar-refractivity contribution in [3.05, 3.63) is 64.8 Å². The first-order chi connectivity index (χ1) is 10.6. The number of carbonyl (C=O) groups excluding carboxylic acids is 1. The molecule has 0 radical (unpaired) electrons. The monoisotopic (exact) mass is 313 g/mol. The molecule has 1 aromatic heterocycles. The lowest BCUT2D eigenvalue weighted by Gasteiger charge is -2.03. The average Bonchev–Trinajstić information content (AvgIpc) is 2.93. The number of hydrazone groups is 1. The zero-order chi connectivity index (χ0) is 15.5. The van der Waals surface area contributed by atoms with Gasteiger partial charge in [0.05, 0.1) is 11.8 Å². The van der Waals surface area contributed by atoms with Crippen LogP contribution in [-0.2, 0) is 0 Å². The van der Waals surface area contributed by atoms with Crippen molar-refractivity contribution < 1.29 is 9.90 Å². The highest BCUT2D eigenvalue weighted by Gasteiger charge is 2.10. The van der Waals surface area contributed by atoms with Crippen LogP contribution in [0.25, 0.3) is 10.9 Å². The molecule has 0 aliphatic heterocycles. The number of aromatic nitrogens is 1. The summed E-state index contributed by atoms with van der Waals surface area (Å²) >= 11 is 5.81. The summed E-state index contributed by atoms with van der Waals surface area (Å²) in [4.78, 5) is 15.1. The lowest BCUT2D eigenvalue weighted by Crippen LogP contribution is -2.17. The van der Waals surface area contributed by atoms with Crippen LogP contribution >= 0.6 is 11.6 Å². The van der Waals surface area contributed by atoms with Gasteiger partial charge in [0.15, 0.2) is 0 Å². The molecule has 3 rings (SSSR count). The molecule has 1 heterocycles. The SMILES string of the molecule is O=C(N/N=C\c1c[nH]c2ccccc12)c1cc(Cl)ccc1O. The van der Waals surface area contributed by atoms with Crippen molar-refractivity contribution in [3.8, 4) is 5.75 Å². The largest absolute Gasteiger partial charge is 0.507 e. The van der Waals surface area contributed by atoms with E-state index in [4.69, 9.17) is 11.6 Å². The van der Waals surface area contributed by atoms with Crippen molar-refractivity contribution in [1.29, 1.82) is 0 Å². The van der Waals surface area contributed by atoms with Gasteiger partial charge in [-0.3, -0.25) is 4.79 Å². The number of hydrogen-bond donors (Lipinski definition) is 3. The number of carbonyl (C=O) groups is 1. The number of halogens is 1. The Balaban J connectivity index is 1.77. The van der Waals surface area contributed by atoms with Gasteiger partial charge in [-0.1, -0.05) is 29.8 Å². The summed E-state index contributed by atoms with van der Waals surface area (Å²) in [6, 6.07) is 12.0. The van der Waals surface area contributed by atoms with E-state index >= 15 is 0 Å². The number of rotatable bonds is 3. The number of amides is 1. The fourth-order valence-electron chi connectivity index (χ4n) is 2.11. The Bertz CT molecular complexity index is 871. The van der Waals surface area contributed by atoms with E-state index in [1.54, 1.807) is 12.4 Å². The highest BCUT2D eigenvalue weighted by Crippen LogP contribution is 2.21. The molecular formula is C16H12ClN3O2. The third kappa shape index (κ3) is 2.80. The minimum Gasteiger partial charge on any atom is -0.507 e. The van der Waals surface area contributed by atoms with E-state index in [9.17, 15) is 9.90 Å². The normalized spacial score (nSPS) is 11.1. The number of para-hydroxylation sites is 1. The molecule has 0 saturated carbocycles. The van der Waals surface area contributed by atoms with E-state index in [1.807, 2.05) is 24.3 Å². The predicted molar refractivity (Wildman–Crippen MR) is 86.5 cm³/mol. The number of H-pyrrole nitrogens is 1. The Morgan fingerprint density at radius 1 is 1.27 bits per heavy atom. The number of nitrogens with zero attached hydrogens (tertiary/aromatic N) is 1. The molecule has 6 heteroatoms. The molecule has 2 aromatic carbocycles. The number of hydrogen-bond acceptors (Lipinski definition) is 3. The lowest BCUT2D eigenvalue weighted by molar-refractivity contribution is 0.0952. The first-order valence-corrected chi connectivity index (χ1v) is 6.91. The lowest BCUT2D eigenvalue weighted by atomic mass is 10.2. The summed E-state index contributed by atoms with van der Waals surface area (Å²) in [7, 11) is 0. The van der Waals surface area contributed by atoms with Crippen molar-refractivity contribution in [3.63, 3.8) is 0 Å². The molecule has 0 bridgehead atoms. The van der Waals surface area contributed by atoms with Gasteiger partial charge in [0.25, 0.3) is 5.91 Å². The van der Waals surface area contributed by atoms with Gasteiger partial charge in [0, 0.05) is 27.7 Å². The number of nitrogens with one attached hydrogen (secondary N) is 2. The summed E-state index contributed by atoms with van der Waals surface area (Å²) in [5.74, 6) is -0.680. The Labute approximate surface area is 131 Å². The molecule has 22 heavy (non-hydrogen) atoms. The van der Waals surface area contributed by atoms with Crippen LogP contribution in [0.1, 0.15) is 15.9 Å². The first-order valence-electron chi connectivity index (χ1n) is 6.53. The molecule has 3 N–H and O–H groups in total. The predicted octanol–water partition coefficient (Wildman–Crippen LogP) is 3.29. The van der Waals surface area contributed by atoms with Crippen LogP contribution in [0.5, 0.6) is 5.75 Å². The second-order valence-corrected chi connectivity index (χ2v) is 5.09. The van der Waals surface area contributed by atoms with Crippen LogP contribution in [0, 0.1) is 0 Å². The zero-order valence-electron chi connectivity index (χ0n) is 11.4. The number of aromatic amines is 1. The molecule has 0 aliphatic rings. The fourth-order valence-corrected chi connectivity index (χ4v) is 2.28. The Morgan fingerprint density at radius 3 is 2.95 bits per heavy atom. The van der Waals surface area contributed by atoms with Crippen LogP contribution in [0.15, 0.2) is 53.8 Å². The number of aromatic hydroxyl groups is 1. The van der Waals surface area contributed by atoms with E-state index in [0.29, 0.717) is 5.02 Å². The third-order valence-corrected chi connectivity index (χ3v) is 3.43. The Kier molecular flexibility index (Phi) is 3.80. The molecule has 5 nitrogen and oxygen atoms in total. The van der Waals surface area contributed by atoms with E-state index in [2.05, 4.69) is 15.5 Å². The van der Waals surface area contributed by atoms with Gasteiger partial charge in [-0.15, -0.1) is 0 Å². The molecule has 0 aliphatic carbocycles. The van der Waals surface area contributed by atoms with E-state index in [0.717, 1.165) is 16.5 Å². The second kappa shape index (κ2) is 5.91. The minimum atomic E-state index is -0.531. The number of benzene rings is 2. The standard InChI is InChI=1S/C16H12ClN3O2/c17-11-5-6-15(21)13(7-11)16(22)20-19-9-10-8-18-14-4-2-1-3-12(10)14/h1-9,18,21H,(H,20,22)/b19-9-. The van der Waals surface area contributed by atoms with Crippen molar-refractivity contribution >= 4 is 34.6 Å². The van der Waals surface area contributed by atoms with Gasteiger partial charge < -0.3 is 10.1 Å². The smallest absolute Gasteiger partial charge is 0.275 e. The molecule has 0 spiro atoms. The summed E-state index contributed by atoms with van der Waals surface area (Å²) < 4.78 is 0. The molecule has 0 unspecified atom stereocenters. The molecule has 0 saturated heterocycles. The van der Waals surface area contributed by atoms with Crippen LogP contribution in [0.3, 0.4) is 0 Å². The summed E-state index contributed by atoms with van der Waals surface area (Å²) in [6.45, 7) is 0. The highest BCUT2D eigenvalue weighted by atomic mass is 35.5. The summed E-state index contributed by atoms with van der Waals surface area (Å²) in [5.41, 5.74) is 4.28. The Hall–Kier alpha value is -2.79. The maximum absolute atomic E-state index is 12.0. The summed E-state index contributed by atoms with van der Waals surface area (Å²) in [5, 5.41) is 14.9. The van der Waals surface area contributed by atoms with Crippen molar-refractivity contribution in [2.24, 2.45) is 5.10 Å². The summed E-state index contributed by atoms with van der Waals surface area (Å²) in [6.07, 6.45) is 3.34. The van der Waals surface area contributed by atoms with Gasteiger partial charge in [-0.05, 0) is 24.3 Å². The van der Waals surface area contributed by atoms with Crippen LogP contribution in [-0.4, -0.2) is 22.2 Å². The second-order valence-electron chi connectivity index (χ2n) is 4.65. The van der Waals surface area contributed by atoms with Crippen molar-refractivity contribution in [2.75, 3.05) is 0 Å². The number of fused-ring (bicyclic) bond motifs is 1. The number of phenols is 1. The topological polar surface area (TPSA) is 77.5 Å². The molecule has 0 atom stereocenters. The Morgan fingerprint density at radius 2 is 2.09 bits per heavy atom. The maximum Gasteiger partial charge on any atom is 0.275 e. The fraction of sp³-hybridized carbons (Fsp3) is 0. The van der Waals surface area contributed by atoms with Gasteiger partial charge >= 0.3 is 0 Å². The van der Waals surface area contributed by atoms with Crippen LogP contribution in [0.2, 0.25) is 5.02 Å². The highest BCUT2D eigenvalue weighted by molar-refractivity contribution is 6.31. The van der Waals surface area contributed by atoms with Crippen LogP contribution in [0.4, 0.5) is 0 Å². The van der Waals surface area contributed by atoms with E-state index < -0.39 is 5.91 Å². The van der Waals surface area contributed by atoms with Gasteiger partial charge in [0.1, 0.15) is 5.75 Å². The average molecular weight is 314 g/mol. The molecule has 0 fully saturated rings. The van der Waals surface area contributed by atoms with Gasteiger partial charge in [-0.25, -0.2) is 5.43 Å². The molecule has 1 amide bonds. The quantitative estimate of drug-likeness (QED) is 0.512. The van der Waals surface area contributed by atoms with E-state index in [1.165, 1.54) is 18.2 Å². The van der Waals surface area contributed by atoms with Gasteiger partial charge in [0.2, 0.25) is 0 Å². The maximum atomic E-state index is 12.0.